The van der Waals surface area contributed by atoms with Crippen molar-refractivity contribution >= 4 is 0 Å². The monoisotopic (exact) mass is 692 g/mol. The number of aliphatic hydroxyl groups is 2. The van der Waals surface area contributed by atoms with E-state index in [-0.39, 0.29) is 0 Å². The Labute approximate surface area is 288 Å². The van der Waals surface area contributed by atoms with Crippen molar-refractivity contribution in [2.45, 2.75) is 126 Å². The molecule has 0 bridgehead atoms. The number of benzene rings is 2. The molecule has 0 amide bonds. The van der Waals surface area contributed by atoms with Gasteiger partial charge in [0.05, 0.1) is 31.5 Å². The molecule has 0 radical (unpaired) electrons. The van der Waals surface area contributed by atoms with E-state index in [0.29, 0.717) is 13.2 Å². The molecule has 2 aromatic carbocycles. The van der Waals surface area contributed by atoms with Crippen molar-refractivity contribution in [3.8, 4) is 0 Å². The normalized spacial score (nSPS) is 39.9. The Morgan fingerprint density at radius 2 is 0.918 bits per heavy atom. The maximum atomic E-state index is 11.6. The van der Waals surface area contributed by atoms with Crippen molar-refractivity contribution in [1.82, 2.24) is 0 Å². The fraction of sp³-hybridized carbons (Fsp3) is 0.667. The van der Waals surface area contributed by atoms with Crippen LogP contribution in [0.5, 0.6) is 0 Å². The molecule has 0 unspecified atom stereocenters. The van der Waals surface area contributed by atoms with Gasteiger partial charge in [-0.2, -0.15) is 0 Å². The van der Waals surface area contributed by atoms with E-state index in [0.717, 1.165) is 11.1 Å². The molecule has 0 spiro atoms. The third-order valence-electron chi connectivity index (χ3n) is 9.47. The molecule has 13 heteroatoms. The molecule has 3 saturated heterocycles. The first-order valence-corrected chi connectivity index (χ1v) is 16.8. The molecule has 2 N–H and O–H groups in total. The van der Waals surface area contributed by atoms with Gasteiger partial charge < -0.3 is 62.3 Å². The van der Waals surface area contributed by atoms with Gasteiger partial charge in [-0.15, -0.1) is 0 Å². The first kappa shape index (κ1) is 38.2. The number of hydrogen-bond acceptors (Lipinski definition) is 13. The molecule has 0 aliphatic carbocycles. The molecule has 2 aromatic rings. The first-order valence-electron chi connectivity index (χ1n) is 16.8. The lowest BCUT2D eigenvalue weighted by Crippen LogP contribution is -2.66. The van der Waals surface area contributed by atoms with Crippen LogP contribution < -0.4 is 0 Å². The quantitative estimate of drug-likeness (QED) is 0.300. The zero-order chi connectivity index (χ0) is 35.1. The van der Waals surface area contributed by atoms with Crippen LogP contribution in [0.3, 0.4) is 0 Å². The van der Waals surface area contributed by atoms with Gasteiger partial charge in [0.2, 0.25) is 0 Å². The zero-order valence-corrected chi connectivity index (χ0v) is 29.2. The van der Waals surface area contributed by atoms with Crippen LogP contribution in [0.4, 0.5) is 0 Å². The van der Waals surface area contributed by atoms with Gasteiger partial charge in [0.1, 0.15) is 54.9 Å². The number of aliphatic hydroxyl groups excluding tert-OH is 2. The van der Waals surface area contributed by atoms with Gasteiger partial charge in [0.15, 0.2) is 18.9 Å². The molecule has 49 heavy (non-hydrogen) atoms. The lowest BCUT2D eigenvalue weighted by atomic mass is 9.96. The Morgan fingerprint density at radius 3 is 1.43 bits per heavy atom. The standard InChI is InChI=1S/C36H52O13/c1-20-26(43-18-23-14-10-8-11-15-23)29(39-4)25(37)35(46-20)49-33-30(40-5)27(44-19-24-16-12-9-13-17-24)21(2)47-36(33)48-28-22(3)45-34(38)32(42-7)31(28)41-6/h8-17,20-22,25-38H,18-19H2,1-7H3/t20-,21-,22-,25+,26-,27-,28-,29-,30+,31+,32+,33+,34+,35-,36-/m0/s1. The van der Waals surface area contributed by atoms with E-state index in [1.165, 1.54) is 21.3 Å². The zero-order valence-electron chi connectivity index (χ0n) is 29.2. The summed E-state index contributed by atoms with van der Waals surface area (Å²) in [6, 6.07) is 19.5. The van der Waals surface area contributed by atoms with Gasteiger partial charge in [-0.25, -0.2) is 0 Å². The molecule has 3 aliphatic heterocycles. The van der Waals surface area contributed by atoms with E-state index >= 15 is 0 Å². The SMILES string of the molecule is CO[C@@H]1[C@@H](O[C@@H]2O[C@@H](C)[C@H](OCc3ccccc3)[C@@H](OC)[C@H]2O[C@@H]2O[C@@H](C)[C@H](OCc3ccccc3)[C@@H](OC)[C@H]2O)[C@H](C)O[C@@H](O)[C@@H]1OC. The number of hydrogen-bond donors (Lipinski definition) is 2. The van der Waals surface area contributed by atoms with E-state index < -0.39 is 92.1 Å². The second-order valence-electron chi connectivity index (χ2n) is 12.7. The minimum absolute atomic E-state index is 0.301. The predicted molar refractivity (Wildman–Crippen MR) is 174 cm³/mol. The van der Waals surface area contributed by atoms with Crippen molar-refractivity contribution in [3.63, 3.8) is 0 Å². The number of rotatable bonds is 14. The van der Waals surface area contributed by atoms with Gasteiger partial charge in [0.25, 0.3) is 0 Å². The van der Waals surface area contributed by atoms with Crippen LogP contribution in [-0.4, -0.2) is 131 Å². The third kappa shape index (κ3) is 8.87. The summed E-state index contributed by atoms with van der Waals surface area (Å²) in [6.45, 7) is 6.09. The smallest absolute Gasteiger partial charge is 0.187 e. The minimum Gasteiger partial charge on any atom is -0.385 e. The molecule has 274 valence electrons. The first-order chi connectivity index (χ1) is 23.7. The lowest BCUT2D eigenvalue weighted by Gasteiger charge is -2.50. The third-order valence-corrected chi connectivity index (χ3v) is 9.47. The van der Waals surface area contributed by atoms with Crippen molar-refractivity contribution < 1.29 is 62.3 Å². The predicted octanol–water partition coefficient (Wildman–Crippen LogP) is 2.58. The molecule has 15 atom stereocenters. The van der Waals surface area contributed by atoms with Crippen LogP contribution in [0.1, 0.15) is 31.9 Å². The van der Waals surface area contributed by atoms with Gasteiger partial charge >= 0.3 is 0 Å². The fourth-order valence-electron chi connectivity index (χ4n) is 6.87. The molecule has 3 heterocycles. The number of ether oxygens (including phenoxy) is 11. The molecular weight excluding hydrogens is 640 g/mol. The maximum absolute atomic E-state index is 11.6. The fourth-order valence-corrected chi connectivity index (χ4v) is 6.87. The minimum atomic E-state index is -1.25. The van der Waals surface area contributed by atoms with Crippen molar-refractivity contribution in [2.24, 2.45) is 0 Å². The average Bonchev–Trinajstić information content (AvgIpc) is 3.10. The van der Waals surface area contributed by atoms with Crippen molar-refractivity contribution in [1.29, 1.82) is 0 Å². The molecule has 13 nitrogen and oxygen atoms in total. The number of methoxy groups -OCH3 is 4. The highest BCUT2D eigenvalue weighted by Crippen LogP contribution is 2.36. The average molecular weight is 693 g/mol. The molecule has 3 fully saturated rings. The highest BCUT2D eigenvalue weighted by molar-refractivity contribution is 5.14. The Balaban J connectivity index is 1.39. The van der Waals surface area contributed by atoms with E-state index in [2.05, 4.69) is 0 Å². The highest BCUT2D eigenvalue weighted by Gasteiger charge is 2.54. The topological polar surface area (TPSA) is 142 Å². The van der Waals surface area contributed by atoms with Crippen LogP contribution in [0.25, 0.3) is 0 Å². The van der Waals surface area contributed by atoms with Crippen LogP contribution in [0, 0.1) is 0 Å². The highest BCUT2D eigenvalue weighted by atomic mass is 16.8. The van der Waals surface area contributed by atoms with Crippen molar-refractivity contribution in [2.75, 3.05) is 28.4 Å². The summed E-state index contributed by atoms with van der Waals surface area (Å²) in [6.07, 6.45) is -12.3. The van der Waals surface area contributed by atoms with Gasteiger partial charge in [-0.3, -0.25) is 0 Å². The summed E-state index contributed by atoms with van der Waals surface area (Å²) in [5.74, 6) is 0. The largest absolute Gasteiger partial charge is 0.385 e. The summed E-state index contributed by atoms with van der Waals surface area (Å²) >= 11 is 0. The summed E-state index contributed by atoms with van der Waals surface area (Å²) < 4.78 is 67.4. The van der Waals surface area contributed by atoms with E-state index in [4.69, 9.17) is 52.1 Å². The van der Waals surface area contributed by atoms with Gasteiger partial charge in [0, 0.05) is 28.4 Å². The van der Waals surface area contributed by atoms with E-state index in [1.54, 1.807) is 14.0 Å². The Kier molecular flexibility index (Phi) is 13.9. The van der Waals surface area contributed by atoms with E-state index in [1.807, 2.05) is 74.5 Å². The van der Waals surface area contributed by atoms with Crippen LogP contribution in [-0.2, 0) is 65.3 Å². The molecule has 0 saturated carbocycles. The maximum Gasteiger partial charge on any atom is 0.187 e. The molecule has 3 aliphatic rings. The molecule has 0 aromatic heterocycles. The molecule has 5 rings (SSSR count). The summed E-state index contributed by atoms with van der Waals surface area (Å²) in [7, 11) is 6.04. The lowest BCUT2D eigenvalue weighted by molar-refractivity contribution is -0.388. The van der Waals surface area contributed by atoms with Crippen LogP contribution in [0.15, 0.2) is 60.7 Å². The second kappa shape index (κ2) is 17.9. The van der Waals surface area contributed by atoms with Crippen LogP contribution in [0.2, 0.25) is 0 Å². The van der Waals surface area contributed by atoms with Gasteiger partial charge in [-0.1, -0.05) is 60.7 Å². The van der Waals surface area contributed by atoms with Gasteiger partial charge in [-0.05, 0) is 31.9 Å². The van der Waals surface area contributed by atoms with Crippen molar-refractivity contribution in [3.05, 3.63) is 71.8 Å². The second-order valence-corrected chi connectivity index (χ2v) is 12.7. The summed E-state index contributed by atoms with van der Waals surface area (Å²) in [5, 5.41) is 22.1. The van der Waals surface area contributed by atoms with Crippen LogP contribution >= 0.6 is 0 Å². The summed E-state index contributed by atoms with van der Waals surface area (Å²) in [5.41, 5.74) is 1.96. The Morgan fingerprint density at radius 1 is 0.490 bits per heavy atom. The molecular formula is C36H52O13. The Hall–Kier alpha value is -2.08. The summed E-state index contributed by atoms with van der Waals surface area (Å²) in [4.78, 5) is 0. The van der Waals surface area contributed by atoms with E-state index in [9.17, 15) is 10.2 Å². The Bertz CT molecular complexity index is 1240.